The van der Waals surface area contributed by atoms with Crippen LogP contribution in [0.2, 0.25) is 0 Å². The number of ketones is 1. The summed E-state index contributed by atoms with van der Waals surface area (Å²) in [5.41, 5.74) is 6.44. The molecule has 1 aliphatic rings. The van der Waals surface area contributed by atoms with Gasteiger partial charge in [-0.25, -0.2) is 9.50 Å². The zero-order chi connectivity index (χ0) is 21.4. The van der Waals surface area contributed by atoms with Gasteiger partial charge >= 0.3 is 0 Å². The number of carbonyl (C=O) groups excluding carboxylic acids is 1. The van der Waals surface area contributed by atoms with Crippen LogP contribution in [-0.4, -0.2) is 27.5 Å². The highest BCUT2D eigenvalue weighted by Crippen LogP contribution is 2.33. The van der Waals surface area contributed by atoms with Crippen molar-refractivity contribution in [3.05, 3.63) is 89.4 Å². The number of nitrogens with zero attached hydrogens (tertiary/aromatic N) is 3. The summed E-state index contributed by atoms with van der Waals surface area (Å²) in [6.45, 7) is 1.98. The fourth-order valence-electron chi connectivity index (χ4n) is 4.28. The van der Waals surface area contributed by atoms with Crippen LogP contribution >= 0.6 is 0 Å². The number of ether oxygens (including phenoxy) is 1. The van der Waals surface area contributed by atoms with Gasteiger partial charge in [-0.05, 0) is 42.5 Å². The number of aryl methyl sites for hydroxylation is 1. The molecule has 2 aromatic heterocycles. The van der Waals surface area contributed by atoms with Gasteiger partial charge in [0.2, 0.25) is 0 Å². The van der Waals surface area contributed by atoms with Crippen molar-refractivity contribution in [2.24, 2.45) is 5.92 Å². The van der Waals surface area contributed by atoms with Gasteiger partial charge in [0.25, 0.3) is 0 Å². The lowest BCUT2D eigenvalue weighted by atomic mass is 9.86. The fourth-order valence-corrected chi connectivity index (χ4v) is 4.28. The van der Waals surface area contributed by atoms with Crippen molar-refractivity contribution in [1.29, 1.82) is 0 Å². The Kier molecular flexibility index (Phi) is 4.86. The van der Waals surface area contributed by atoms with Crippen molar-refractivity contribution in [1.82, 2.24) is 14.6 Å². The lowest BCUT2D eigenvalue weighted by molar-refractivity contribution is 0.0957. The second-order valence-corrected chi connectivity index (χ2v) is 7.90. The lowest BCUT2D eigenvalue weighted by Crippen LogP contribution is -2.22. The number of hydrogen-bond acceptors (Lipinski definition) is 4. The maximum Gasteiger partial charge on any atom is 0.166 e. The van der Waals surface area contributed by atoms with Crippen molar-refractivity contribution in [2.75, 3.05) is 7.11 Å². The molecular weight excluding hydrogens is 386 g/mol. The molecular formula is C26H23N3O2. The van der Waals surface area contributed by atoms with Crippen LogP contribution in [0.25, 0.3) is 22.9 Å². The van der Waals surface area contributed by atoms with Crippen molar-refractivity contribution in [2.45, 2.75) is 19.8 Å². The van der Waals surface area contributed by atoms with E-state index in [1.54, 1.807) is 13.3 Å². The molecule has 2 heterocycles. The quantitative estimate of drug-likeness (QED) is 0.466. The summed E-state index contributed by atoms with van der Waals surface area (Å²) in [5.74, 6) is 1.07. The standard InChI is InChI=1S/C26H23N3O2/c1-17-25(20-10-12-21(31-2)13-11-20)26-27-16-22-23(29(26)28-17)14-19(15-24(22)30)9-8-18-6-4-3-5-7-18/h3-13,16,19H,14-15H2,1-2H3/b9-8+/t19-/m0/s1. The summed E-state index contributed by atoms with van der Waals surface area (Å²) < 4.78 is 7.14. The Morgan fingerprint density at radius 1 is 1.06 bits per heavy atom. The largest absolute Gasteiger partial charge is 0.497 e. The van der Waals surface area contributed by atoms with Crippen LogP contribution < -0.4 is 4.74 Å². The molecule has 5 heteroatoms. The number of Topliss-reactive ketones (excluding diaryl/α,β-unsaturated/α-hetero) is 1. The van der Waals surface area contributed by atoms with Gasteiger partial charge in [0.15, 0.2) is 11.4 Å². The Labute approximate surface area is 181 Å². The van der Waals surface area contributed by atoms with E-state index < -0.39 is 0 Å². The van der Waals surface area contributed by atoms with Crippen molar-refractivity contribution < 1.29 is 9.53 Å². The molecule has 4 aromatic rings. The first-order chi connectivity index (χ1) is 15.1. The lowest BCUT2D eigenvalue weighted by Gasteiger charge is -2.21. The first kappa shape index (κ1) is 19.2. The number of fused-ring (bicyclic) bond motifs is 3. The molecule has 0 saturated heterocycles. The molecule has 5 nitrogen and oxygen atoms in total. The molecule has 1 atom stereocenters. The van der Waals surface area contributed by atoms with Gasteiger partial charge in [0.05, 0.1) is 24.1 Å². The van der Waals surface area contributed by atoms with Crippen molar-refractivity contribution in [3.63, 3.8) is 0 Å². The second kappa shape index (κ2) is 7.84. The predicted molar refractivity (Wildman–Crippen MR) is 121 cm³/mol. The Morgan fingerprint density at radius 2 is 1.84 bits per heavy atom. The topological polar surface area (TPSA) is 56.5 Å². The van der Waals surface area contributed by atoms with Gasteiger partial charge in [0.1, 0.15) is 5.75 Å². The van der Waals surface area contributed by atoms with Gasteiger partial charge < -0.3 is 4.74 Å². The van der Waals surface area contributed by atoms with Crippen LogP contribution in [0, 0.1) is 12.8 Å². The number of allylic oxidation sites excluding steroid dienone is 1. The van der Waals surface area contributed by atoms with E-state index >= 15 is 0 Å². The number of aromatic nitrogens is 3. The molecule has 5 rings (SSSR count). The zero-order valence-corrected chi connectivity index (χ0v) is 17.6. The third-order valence-electron chi connectivity index (χ3n) is 5.86. The van der Waals surface area contributed by atoms with E-state index in [0.717, 1.165) is 45.9 Å². The summed E-state index contributed by atoms with van der Waals surface area (Å²) >= 11 is 0. The molecule has 154 valence electrons. The molecule has 0 fully saturated rings. The van der Waals surface area contributed by atoms with E-state index in [1.807, 2.05) is 53.9 Å². The smallest absolute Gasteiger partial charge is 0.166 e. The number of carbonyl (C=O) groups is 1. The van der Waals surface area contributed by atoms with E-state index in [0.29, 0.717) is 12.0 Å². The predicted octanol–water partition coefficient (Wildman–Crippen LogP) is 5.17. The van der Waals surface area contributed by atoms with E-state index in [1.165, 1.54) is 0 Å². The minimum absolute atomic E-state index is 0.123. The Morgan fingerprint density at radius 3 is 2.58 bits per heavy atom. The first-order valence-electron chi connectivity index (χ1n) is 10.4. The van der Waals surface area contributed by atoms with Gasteiger partial charge in [-0.15, -0.1) is 0 Å². The summed E-state index contributed by atoms with van der Waals surface area (Å²) in [6.07, 6.45) is 7.21. The molecule has 0 aliphatic heterocycles. The minimum atomic E-state index is 0.123. The molecule has 1 aliphatic carbocycles. The summed E-state index contributed by atoms with van der Waals surface area (Å²) in [7, 11) is 1.66. The molecule has 0 saturated carbocycles. The van der Waals surface area contributed by atoms with Gasteiger partial charge in [-0.1, -0.05) is 54.6 Å². The van der Waals surface area contributed by atoms with Crippen LogP contribution in [0.15, 0.2) is 66.9 Å². The molecule has 0 amide bonds. The second-order valence-electron chi connectivity index (χ2n) is 7.90. The van der Waals surface area contributed by atoms with Gasteiger partial charge in [0, 0.05) is 18.2 Å². The molecule has 0 N–H and O–H groups in total. The maximum absolute atomic E-state index is 12.9. The van der Waals surface area contributed by atoms with Crippen LogP contribution in [0.4, 0.5) is 0 Å². The minimum Gasteiger partial charge on any atom is -0.497 e. The Bertz CT molecular complexity index is 1290. The van der Waals surface area contributed by atoms with Gasteiger partial charge in [-0.3, -0.25) is 4.79 Å². The number of methoxy groups -OCH3 is 1. The van der Waals surface area contributed by atoms with Crippen LogP contribution in [-0.2, 0) is 6.42 Å². The highest BCUT2D eigenvalue weighted by Gasteiger charge is 2.28. The van der Waals surface area contributed by atoms with Crippen LogP contribution in [0.3, 0.4) is 0 Å². The molecule has 0 bridgehead atoms. The first-order valence-corrected chi connectivity index (χ1v) is 10.4. The van der Waals surface area contributed by atoms with E-state index in [-0.39, 0.29) is 11.7 Å². The highest BCUT2D eigenvalue weighted by molar-refractivity contribution is 5.98. The monoisotopic (exact) mass is 409 g/mol. The molecule has 0 unspecified atom stereocenters. The van der Waals surface area contributed by atoms with Crippen molar-refractivity contribution >= 4 is 17.5 Å². The average Bonchev–Trinajstić information content (AvgIpc) is 3.15. The zero-order valence-electron chi connectivity index (χ0n) is 17.6. The highest BCUT2D eigenvalue weighted by atomic mass is 16.5. The summed E-state index contributed by atoms with van der Waals surface area (Å²) in [5, 5.41) is 4.78. The van der Waals surface area contributed by atoms with Crippen molar-refractivity contribution in [3.8, 4) is 16.9 Å². The normalized spacial score (nSPS) is 16.1. The maximum atomic E-state index is 12.9. The molecule has 0 spiro atoms. The van der Waals surface area contributed by atoms with Crippen LogP contribution in [0.1, 0.15) is 33.7 Å². The third-order valence-corrected chi connectivity index (χ3v) is 5.86. The Balaban J connectivity index is 1.55. The fraction of sp³-hybridized carbons (Fsp3) is 0.192. The number of hydrogen-bond donors (Lipinski definition) is 0. The van der Waals surface area contributed by atoms with E-state index in [9.17, 15) is 4.79 Å². The van der Waals surface area contributed by atoms with E-state index in [2.05, 4.69) is 29.3 Å². The molecule has 2 aromatic carbocycles. The SMILES string of the molecule is COc1ccc(-c2c(C)nn3c4c(cnc23)C(=O)C[C@@H](/C=C/c2ccccc2)C4)cc1. The van der Waals surface area contributed by atoms with E-state index in [4.69, 9.17) is 9.84 Å². The molecule has 31 heavy (non-hydrogen) atoms. The Hall–Kier alpha value is -3.73. The summed E-state index contributed by atoms with van der Waals surface area (Å²) in [4.78, 5) is 17.5. The van der Waals surface area contributed by atoms with Crippen LogP contribution in [0.5, 0.6) is 5.75 Å². The summed E-state index contributed by atoms with van der Waals surface area (Å²) in [6, 6.07) is 18.1. The molecule has 0 radical (unpaired) electrons. The van der Waals surface area contributed by atoms with Gasteiger partial charge in [-0.2, -0.15) is 5.10 Å². The number of benzene rings is 2. The average molecular weight is 409 g/mol. The number of rotatable bonds is 4. The third kappa shape index (κ3) is 3.52.